The third-order valence-corrected chi connectivity index (χ3v) is 3.93. The van der Waals surface area contributed by atoms with Crippen LogP contribution in [-0.2, 0) is 6.54 Å². The van der Waals surface area contributed by atoms with Gasteiger partial charge in [0.2, 0.25) is 0 Å². The largest absolute Gasteiger partial charge is 0.464 e. The molecule has 0 N–H and O–H groups in total. The Morgan fingerprint density at radius 1 is 1.24 bits per heavy atom. The number of aryl methyl sites for hydroxylation is 2. The van der Waals surface area contributed by atoms with Crippen LogP contribution in [0.15, 0.2) is 39.2 Å². The van der Waals surface area contributed by atoms with E-state index in [4.69, 9.17) is 4.42 Å². The van der Waals surface area contributed by atoms with Crippen LogP contribution in [-0.4, -0.2) is 16.8 Å². The van der Waals surface area contributed by atoms with Crippen molar-refractivity contribution in [1.82, 2.24) is 4.90 Å². The van der Waals surface area contributed by atoms with Crippen molar-refractivity contribution >= 4 is 21.8 Å². The van der Waals surface area contributed by atoms with Crippen molar-refractivity contribution in [3.8, 4) is 0 Å². The molecule has 2 aromatic rings. The van der Waals surface area contributed by atoms with Crippen molar-refractivity contribution in [3.63, 3.8) is 0 Å². The second-order valence-corrected chi connectivity index (χ2v) is 6.41. The van der Waals surface area contributed by atoms with Gasteiger partial charge >= 0.3 is 0 Å². The average Bonchev–Trinajstić information content (AvgIpc) is 2.83. The monoisotopic (exact) mass is 349 g/mol. The smallest absolute Gasteiger partial charge is 0.254 e. The second kappa shape index (κ2) is 6.48. The lowest BCUT2D eigenvalue weighted by Crippen LogP contribution is -2.36. The molecule has 0 radical (unpaired) electrons. The van der Waals surface area contributed by atoms with Gasteiger partial charge < -0.3 is 9.32 Å². The summed E-state index contributed by atoms with van der Waals surface area (Å²) >= 11 is 3.43. The molecule has 0 saturated heterocycles. The van der Waals surface area contributed by atoms with Crippen molar-refractivity contribution in [3.05, 3.63) is 57.5 Å². The van der Waals surface area contributed by atoms with Gasteiger partial charge in [0.1, 0.15) is 11.5 Å². The van der Waals surface area contributed by atoms with Crippen LogP contribution in [0.2, 0.25) is 0 Å². The highest BCUT2D eigenvalue weighted by molar-refractivity contribution is 9.10. The zero-order valence-electron chi connectivity index (χ0n) is 12.8. The molecule has 21 heavy (non-hydrogen) atoms. The molecule has 0 atom stereocenters. The quantitative estimate of drug-likeness (QED) is 0.800. The Morgan fingerprint density at radius 2 is 1.95 bits per heavy atom. The molecule has 0 fully saturated rings. The average molecular weight is 350 g/mol. The molecular weight excluding hydrogens is 330 g/mol. The van der Waals surface area contributed by atoms with Gasteiger partial charge in [0.05, 0.1) is 6.54 Å². The minimum atomic E-state index is 0.0258. The Bertz CT molecular complexity index is 646. The first kappa shape index (κ1) is 15.8. The first-order chi connectivity index (χ1) is 9.88. The van der Waals surface area contributed by atoms with Crippen LogP contribution in [0.1, 0.15) is 41.3 Å². The van der Waals surface area contributed by atoms with Crippen molar-refractivity contribution in [2.24, 2.45) is 0 Å². The minimum Gasteiger partial charge on any atom is -0.464 e. The molecule has 1 amide bonds. The molecule has 0 spiro atoms. The fraction of sp³-hybridized carbons (Fsp3) is 0.353. The second-order valence-electron chi connectivity index (χ2n) is 5.50. The zero-order valence-corrected chi connectivity index (χ0v) is 14.4. The lowest BCUT2D eigenvalue weighted by molar-refractivity contribution is 0.0674. The molecule has 0 unspecified atom stereocenters. The first-order valence-corrected chi connectivity index (χ1v) is 7.80. The molecule has 0 aliphatic rings. The standard InChI is InChI=1S/C17H20BrNO2/c1-11(2)19(10-15-8-6-13(4)21-15)17(20)16-9-14(18)7-5-12(16)3/h5-9,11H,10H2,1-4H3. The summed E-state index contributed by atoms with van der Waals surface area (Å²) in [4.78, 5) is 14.7. The Labute approximate surface area is 134 Å². The van der Waals surface area contributed by atoms with E-state index in [1.165, 1.54) is 0 Å². The molecule has 3 nitrogen and oxygen atoms in total. The van der Waals surface area contributed by atoms with Gasteiger partial charge in [0.25, 0.3) is 5.91 Å². The van der Waals surface area contributed by atoms with E-state index in [-0.39, 0.29) is 11.9 Å². The lowest BCUT2D eigenvalue weighted by Gasteiger charge is -2.26. The highest BCUT2D eigenvalue weighted by Gasteiger charge is 2.22. The van der Waals surface area contributed by atoms with Gasteiger partial charge in [-0.25, -0.2) is 0 Å². The molecule has 4 heteroatoms. The molecular formula is C17H20BrNO2. The summed E-state index contributed by atoms with van der Waals surface area (Å²) in [5.74, 6) is 1.69. The van der Waals surface area contributed by atoms with E-state index in [0.717, 1.165) is 27.1 Å². The van der Waals surface area contributed by atoms with Crippen LogP contribution in [0.25, 0.3) is 0 Å². The number of halogens is 1. The van der Waals surface area contributed by atoms with Crippen LogP contribution < -0.4 is 0 Å². The molecule has 1 heterocycles. The van der Waals surface area contributed by atoms with Gasteiger partial charge in [0, 0.05) is 16.1 Å². The van der Waals surface area contributed by atoms with E-state index in [9.17, 15) is 4.79 Å². The van der Waals surface area contributed by atoms with Crippen LogP contribution in [0.5, 0.6) is 0 Å². The SMILES string of the molecule is Cc1ccc(CN(C(=O)c2cc(Br)ccc2C)C(C)C)o1. The van der Waals surface area contributed by atoms with E-state index in [0.29, 0.717) is 6.54 Å². The number of carbonyl (C=O) groups is 1. The number of hydrogen-bond acceptors (Lipinski definition) is 2. The first-order valence-electron chi connectivity index (χ1n) is 7.01. The maximum absolute atomic E-state index is 12.8. The van der Waals surface area contributed by atoms with Crippen LogP contribution in [0.3, 0.4) is 0 Å². The predicted molar refractivity (Wildman–Crippen MR) is 87.3 cm³/mol. The maximum Gasteiger partial charge on any atom is 0.254 e. The normalized spacial score (nSPS) is 11.0. The third-order valence-electron chi connectivity index (χ3n) is 3.44. The lowest BCUT2D eigenvalue weighted by atomic mass is 10.1. The highest BCUT2D eigenvalue weighted by Crippen LogP contribution is 2.20. The van der Waals surface area contributed by atoms with Crippen molar-refractivity contribution < 1.29 is 9.21 Å². The van der Waals surface area contributed by atoms with Gasteiger partial charge in [0.15, 0.2) is 0 Å². The van der Waals surface area contributed by atoms with Gasteiger partial charge in [-0.2, -0.15) is 0 Å². The summed E-state index contributed by atoms with van der Waals surface area (Å²) in [6, 6.07) is 9.71. The third kappa shape index (κ3) is 3.76. The fourth-order valence-corrected chi connectivity index (χ4v) is 2.57. The maximum atomic E-state index is 12.8. The van der Waals surface area contributed by atoms with Crippen LogP contribution >= 0.6 is 15.9 Å². The predicted octanol–water partition coefficient (Wildman–Crippen LogP) is 4.71. The van der Waals surface area contributed by atoms with Crippen molar-refractivity contribution in [1.29, 1.82) is 0 Å². The molecule has 0 aliphatic carbocycles. The number of carbonyl (C=O) groups excluding carboxylic acids is 1. The molecule has 0 aliphatic heterocycles. The Kier molecular flexibility index (Phi) is 4.88. The van der Waals surface area contributed by atoms with E-state index < -0.39 is 0 Å². The van der Waals surface area contributed by atoms with Gasteiger partial charge in [-0.05, 0) is 57.5 Å². The van der Waals surface area contributed by atoms with Crippen LogP contribution in [0.4, 0.5) is 0 Å². The number of hydrogen-bond donors (Lipinski definition) is 0. The zero-order chi connectivity index (χ0) is 15.6. The number of amides is 1. The molecule has 0 saturated carbocycles. The number of furan rings is 1. The Hall–Kier alpha value is -1.55. The molecule has 112 valence electrons. The highest BCUT2D eigenvalue weighted by atomic mass is 79.9. The van der Waals surface area contributed by atoms with Crippen molar-refractivity contribution in [2.45, 2.75) is 40.3 Å². The van der Waals surface area contributed by atoms with E-state index in [2.05, 4.69) is 15.9 Å². The fourth-order valence-electron chi connectivity index (χ4n) is 2.21. The Morgan fingerprint density at radius 3 is 2.52 bits per heavy atom. The summed E-state index contributed by atoms with van der Waals surface area (Å²) in [6.07, 6.45) is 0. The number of rotatable bonds is 4. The molecule has 0 bridgehead atoms. The van der Waals surface area contributed by atoms with Gasteiger partial charge in [-0.15, -0.1) is 0 Å². The molecule has 1 aromatic heterocycles. The summed E-state index contributed by atoms with van der Waals surface area (Å²) in [5.41, 5.74) is 1.70. The van der Waals surface area contributed by atoms with Gasteiger partial charge in [-0.3, -0.25) is 4.79 Å². The molecule has 1 aromatic carbocycles. The summed E-state index contributed by atoms with van der Waals surface area (Å²) in [5, 5.41) is 0. The van der Waals surface area contributed by atoms with Gasteiger partial charge in [-0.1, -0.05) is 22.0 Å². The van der Waals surface area contributed by atoms with E-state index in [1.54, 1.807) is 0 Å². The topological polar surface area (TPSA) is 33.5 Å². The summed E-state index contributed by atoms with van der Waals surface area (Å²) in [6.45, 7) is 8.37. The Balaban J connectivity index is 2.29. The minimum absolute atomic E-state index is 0.0258. The summed E-state index contributed by atoms with van der Waals surface area (Å²) < 4.78 is 6.51. The number of nitrogens with zero attached hydrogens (tertiary/aromatic N) is 1. The van der Waals surface area contributed by atoms with Crippen LogP contribution in [0, 0.1) is 13.8 Å². The summed E-state index contributed by atoms with van der Waals surface area (Å²) in [7, 11) is 0. The van der Waals surface area contributed by atoms with E-state index >= 15 is 0 Å². The van der Waals surface area contributed by atoms with Crippen molar-refractivity contribution in [2.75, 3.05) is 0 Å². The molecule has 2 rings (SSSR count). The number of benzene rings is 1. The van der Waals surface area contributed by atoms with E-state index in [1.807, 2.05) is 62.9 Å².